The van der Waals surface area contributed by atoms with E-state index >= 15 is 0 Å². The van der Waals surface area contributed by atoms with Gasteiger partial charge in [-0.1, -0.05) is 53.3 Å². The lowest BCUT2D eigenvalue weighted by Crippen LogP contribution is -2.24. The molecule has 4 aromatic rings. The van der Waals surface area contributed by atoms with Gasteiger partial charge < -0.3 is 5.32 Å². The minimum Gasteiger partial charge on any atom is -0.325 e. The second-order valence-corrected chi connectivity index (χ2v) is 7.82. The van der Waals surface area contributed by atoms with Gasteiger partial charge in [-0.05, 0) is 42.5 Å². The third-order valence-electron chi connectivity index (χ3n) is 4.40. The van der Waals surface area contributed by atoms with Crippen molar-refractivity contribution in [3.05, 3.63) is 98.6 Å². The van der Waals surface area contributed by atoms with Gasteiger partial charge >= 0.3 is 4.87 Å². The first-order valence-electron chi connectivity index (χ1n) is 8.80. The smallest absolute Gasteiger partial charge is 0.308 e. The Morgan fingerprint density at radius 1 is 0.931 bits per heavy atom. The van der Waals surface area contributed by atoms with Crippen LogP contribution in [0.1, 0.15) is 15.9 Å². The third-order valence-corrected chi connectivity index (χ3v) is 5.59. The lowest BCUT2D eigenvalue weighted by Gasteiger charge is -2.07. The molecular weight excluding hydrogens is 408 g/mol. The first-order valence-corrected chi connectivity index (χ1v) is 9.99. The minimum atomic E-state index is -0.321. The summed E-state index contributed by atoms with van der Waals surface area (Å²) < 4.78 is 2.07. The number of anilines is 1. The SMILES string of the molecule is O=C(Cn1c(=O)sc2cc(C(=O)c3ccccc3)ccc21)Nc1ccc(Cl)cc1. The molecule has 5 nitrogen and oxygen atoms in total. The van der Waals surface area contributed by atoms with Gasteiger partial charge in [0.2, 0.25) is 5.91 Å². The predicted molar refractivity (Wildman–Crippen MR) is 116 cm³/mol. The summed E-state index contributed by atoms with van der Waals surface area (Å²) in [6.07, 6.45) is 0. The first kappa shape index (κ1) is 19.1. The van der Waals surface area contributed by atoms with Crippen molar-refractivity contribution in [3.8, 4) is 0 Å². The van der Waals surface area contributed by atoms with Crippen LogP contribution in [0.4, 0.5) is 5.69 Å². The summed E-state index contributed by atoms with van der Waals surface area (Å²) in [6.45, 7) is -0.118. The van der Waals surface area contributed by atoms with Gasteiger partial charge in [0, 0.05) is 21.8 Å². The number of rotatable bonds is 5. The molecule has 3 aromatic carbocycles. The number of benzene rings is 3. The highest BCUT2D eigenvalue weighted by molar-refractivity contribution is 7.16. The normalized spacial score (nSPS) is 10.8. The number of nitrogens with one attached hydrogen (secondary N) is 1. The highest BCUT2D eigenvalue weighted by Gasteiger charge is 2.15. The Balaban J connectivity index is 1.58. The van der Waals surface area contributed by atoms with E-state index in [9.17, 15) is 14.4 Å². The fourth-order valence-electron chi connectivity index (χ4n) is 2.99. The summed E-state index contributed by atoms with van der Waals surface area (Å²) in [5.74, 6) is -0.432. The van der Waals surface area contributed by atoms with E-state index < -0.39 is 0 Å². The molecule has 1 heterocycles. The average molecular weight is 423 g/mol. The molecule has 0 saturated carbocycles. The van der Waals surface area contributed by atoms with Crippen LogP contribution in [0.2, 0.25) is 5.02 Å². The summed E-state index contributed by atoms with van der Waals surface area (Å²) in [4.78, 5) is 37.2. The van der Waals surface area contributed by atoms with Crippen LogP contribution in [-0.4, -0.2) is 16.3 Å². The number of hydrogen-bond acceptors (Lipinski definition) is 4. The standard InChI is InChI=1S/C22H15ClN2O3S/c23-16-7-9-17(10-8-16)24-20(26)13-25-18-11-6-15(12-19(18)29-22(25)28)21(27)14-4-2-1-3-5-14/h1-12H,13H2,(H,24,26). The van der Waals surface area contributed by atoms with Crippen molar-refractivity contribution in [3.63, 3.8) is 0 Å². The maximum absolute atomic E-state index is 12.6. The highest BCUT2D eigenvalue weighted by Crippen LogP contribution is 2.21. The molecule has 0 radical (unpaired) electrons. The maximum atomic E-state index is 12.6. The minimum absolute atomic E-state index is 0.111. The van der Waals surface area contributed by atoms with Crippen LogP contribution < -0.4 is 10.2 Å². The van der Waals surface area contributed by atoms with E-state index in [0.29, 0.717) is 32.1 Å². The summed E-state index contributed by atoms with van der Waals surface area (Å²) >= 11 is 6.86. The molecular formula is C22H15ClN2O3S. The molecule has 4 rings (SSSR count). The molecule has 1 N–H and O–H groups in total. The van der Waals surface area contributed by atoms with Crippen LogP contribution in [0.25, 0.3) is 10.2 Å². The number of hydrogen-bond donors (Lipinski definition) is 1. The number of amides is 1. The largest absolute Gasteiger partial charge is 0.325 e. The molecule has 0 spiro atoms. The Kier molecular flexibility index (Phi) is 5.29. The lowest BCUT2D eigenvalue weighted by molar-refractivity contribution is -0.116. The van der Waals surface area contributed by atoms with E-state index in [1.807, 2.05) is 6.07 Å². The fourth-order valence-corrected chi connectivity index (χ4v) is 4.05. The van der Waals surface area contributed by atoms with Crippen molar-refractivity contribution in [1.29, 1.82) is 0 Å². The second-order valence-electron chi connectivity index (χ2n) is 6.39. The zero-order chi connectivity index (χ0) is 20.4. The van der Waals surface area contributed by atoms with Gasteiger partial charge in [-0.15, -0.1) is 0 Å². The maximum Gasteiger partial charge on any atom is 0.308 e. The predicted octanol–water partition coefficient (Wildman–Crippen LogP) is 4.59. The van der Waals surface area contributed by atoms with Crippen molar-refractivity contribution >= 4 is 50.5 Å². The van der Waals surface area contributed by atoms with Gasteiger partial charge in [-0.2, -0.15) is 0 Å². The highest BCUT2D eigenvalue weighted by atomic mass is 35.5. The van der Waals surface area contributed by atoms with Gasteiger partial charge in [-0.3, -0.25) is 19.0 Å². The molecule has 1 amide bonds. The molecule has 0 bridgehead atoms. The van der Waals surface area contributed by atoms with Crippen molar-refractivity contribution in [2.75, 3.05) is 5.32 Å². The van der Waals surface area contributed by atoms with Gasteiger partial charge in [-0.25, -0.2) is 0 Å². The van der Waals surface area contributed by atoms with Crippen LogP contribution in [0.15, 0.2) is 77.6 Å². The van der Waals surface area contributed by atoms with Crippen LogP contribution in [-0.2, 0) is 11.3 Å². The molecule has 0 fully saturated rings. The Morgan fingerprint density at radius 3 is 2.38 bits per heavy atom. The van der Waals surface area contributed by atoms with Crippen LogP contribution >= 0.6 is 22.9 Å². The van der Waals surface area contributed by atoms with Crippen molar-refractivity contribution in [2.45, 2.75) is 6.54 Å². The summed E-state index contributed by atoms with van der Waals surface area (Å²) in [5, 5.41) is 3.32. The summed E-state index contributed by atoms with van der Waals surface area (Å²) in [6, 6.07) is 20.8. The number of ketones is 1. The molecule has 0 atom stereocenters. The molecule has 0 unspecified atom stereocenters. The third kappa shape index (κ3) is 4.13. The zero-order valence-corrected chi connectivity index (χ0v) is 16.7. The number of carbonyl (C=O) groups excluding carboxylic acids is 2. The molecule has 144 valence electrons. The molecule has 7 heteroatoms. The average Bonchev–Trinajstić information content (AvgIpc) is 3.04. The number of fused-ring (bicyclic) bond motifs is 1. The van der Waals surface area contributed by atoms with Crippen LogP contribution in [0.3, 0.4) is 0 Å². The fraction of sp³-hybridized carbons (Fsp3) is 0.0455. The molecule has 0 aliphatic carbocycles. The van der Waals surface area contributed by atoms with E-state index in [4.69, 9.17) is 11.6 Å². The molecule has 0 aliphatic rings. The Morgan fingerprint density at radius 2 is 1.66 bits per heavy atom. The van der Waals surface area contributed by atoms with Crippen LogP contribution in [0.5, 0.6) is 0 Å². The molecule has 29 heavy (non-hydrogen) atoms. The van der Waals surface area contributed by atoms with Crippen LogP contribution in [0, 0.1) is 0 Å². The van der Waals surface area contributed by atoms with E-state index in [2.05, 4.69) is 5.32 Å². The summed E-state index contributed by atoms with van der Waals surface area (Å²) in [7, 11) is 0. The number of aromatic nitrogens is 1. The molecule has 1 aromatic heterocycles. The zero-order valence-electron chi connectivity index (χ0n) is 15.1. The van der Waals surface area contributed by atoms with E-state index in [-0.39, 0.29) is 23.1 Å². The quantitative estimate of drug-likeness (QED) is 0.478. The van der Waals surface area contributed by atoms with E-state index in [1.54, 1.807) is 66.7 Å². The number of carbonyl (C=O) groups is 2. The van der Waals surface area contributed by atoms with Gasteiger partial charge in [0.25, 0.3) is 0 Å². The lowest BCUT2D eigenvalue weighted by atomic mass is 10.0. The van der Waals surface area contributed by atoms with E-state index in [1.165, 1.54) is 4.57 Å². The monoisotopic (exact) mass is 422 g/mol. The number of halogens is 1. The number of nitrogens with zero attached hydrogens (tertiary/aromatic N) is 1. The Labute approximate surface area is 175 Å². The van der Waals surface area contributed by atoms with E-state index in [0.717, 1.165) is 11.3 Å². The Bertz CT molecular complexity index is 1260. The topological polar surface area (TPSA) is 68.2 Å². The molecule has 0 aliphatic heterocycles. The first-order chi connectivity index (χ1) is 14.0. The van der Waals surface area contributed by atoms with Gasteiger partial charge in [0.05, 0.1) is 10.2 Å². The van der Waals surface area contributed by atoms with Gasteiger partial charge in [0.1, 0.15) is 6.54 Å². The summed E-state index contributed by atoms with van der Waals surface area (Å²) in [5.41, 5.74) is 2.31. The van der Waals surface area contributed by atoms with Crippen molar-refractivity contribution < 1.29 is 9.59 Å². The van der Waals surface area contributed by atoms with Crippen molar-refractivity contribution in [1.82, 2.24) is 4.57 Å². The van der Waals surface area contributed by atoms with Gasteiger partial charge in [0.15, 0.2) is 5.78 Å². The number of thiazole rings is 1. The molecule has 0 saturated heterocycles. The Hall–Kier alpha value is -3.22. The van der Waals surface area contributed by atoms with Crippen molar-refractivity contribution in [2.24, 2.45) is 0 Å². The second kappa shape index (κ2) is 8.03.